The van der Waals surface area contributed by atoms with Gasteiger partial charge in [0.05, 0.1) is 4.90 Å². The number of benzene rings is 2. The van der Waals surface area contributed by atoms with E-state index in [0.717, 1.165) is 22.2 Å². The van der Waals surface area contributed by atoms with Gasteiger partial charge in [0.25, 0.3) is 2.87 Å². The van der Waals surface area contributed by atoms with Gasteiger partial charge >= 0.3 is 0 Å². The minimum absolute atomic E-state index is 0.152. The highest BCUT2D eigenvalue weighted by molar-refractivity contribution is 8.41. The first-order chi connectivity index (χ1) is 9.89. The van der Waals surface area contributed by atoms with E-state index >= 15 is 0 Å². The number of hydrogen-bond acceptors (Lipinski definition) is 4. The van der Waals surface area contributed by atoms with Crippen LogP contribution in [0.5, 0.6) is 0 Å². The van der Waals surface area contributed by atoms with Crippen molar-refractivity contribution in [3.8, 4) is 0 Å². The third kappa shape index (κ3) is 3.71. The normalized spacial score (nSPS) is 14.6. The van der Waals surface area contributed by atoms with Crippen LogP contribution < -0.4 is 0 Å². The first-order valence-electron chi connectivity index (χ1n) is 5.93. The van der Waals surface area contributed by atoms with E-state index in [1.165, 1.54) is 0 Å². The summed E-state index contributed by atoms with van der Waals surface area (Å²) in [5.74, 6) is 0. The van der Waals surface area contributed by atoms with Crippen LogP contribution in [-0.4, -0.2) is 11.3 Å². The third-order valence-corrected chi connectivity index (χ3v) is 10.1. The van der Waals surface area contributed by atoms with Crippen LogP contribution in [0.1, 0.15) is 5.56 Å². The minimum atomic E-state index is -3.81. The summed E-state index contributed by atoms with van der Waals surface area (Å²) in [5.41, 5.74) is 0.975. The van der Waals surface area contributed by atoms with Gasteiger partial charge in [-0.1, -0.05) is 59.3 Å². The van der Waals surface area contributed by atoms with Gasteiger partial charge in [0.2, 0.25) is 9.84 Å². The predicted octanol–water partition coefficient (Wildman–Crippen LogP) is 5.30. The van der Waals surface area contributed by atoms with Crippen LogP contribution in [0, 0.1) is 6.92 Å². The fourth-order valence-corrected chi connectivity index (χ4v) is 6.57. The van der Waals surface area contributed by atoms with Gasteiger partial charge < -0.3 is 0 Å². The molecule has 1 atom stereocenters. The van der Waals surface area contributed by atoms with Crippen LogP contribution in [-0.2, 0) is 9.84 Å². The van der Waals surface area contributed by atoms with Gasteiger partial charge in [-0.3, -0.25) is 0 Å². The Labute approximate surface area is 142 Å². The molecule has 0 amide bonds. The van der Waals surface area contributed by atoms with Crippen LogP contribution in [0.4, 0.5) is 0 Å². The van der Waals surface area contributed by atoms with Gasteiger partial charge in [0.1, 0.15) is 0 Å². The van der Waals surface area contributed by atoms with Gasteiger partial charge in [0.15, 0.2) is 0 Å². The van der Waals surface area contributed by atoms with Gasteiger partial charge in [-0.2, -0.15) is 0 Å². The van der Waals surface area contributed by atoms with Crippen LogP contribution >= 0.6 is 45.0 Å². The molecule has 0 aliphatic rings. The van der Waals surface area contributed by atoms with Crippen molar-refractivity contribution in [3.05, 3.63) is 60.2 Å². The monoisotopic (exact) mass is 378 g/mol. The van der Waals surface area contributed by atoms with Crippen molar-refractivity contribution < 1.29 is 8.42 Å². The molecule has 0 N–H and O–H groups in total. The molecule has 2 aromatic rings. The van der Waals surface area contributed by atoms with Crippen molar-refractivity contribution in [1.82, 2.24) is 0 Å². The molecule has 0 aliphatic carbocycles. The molecule has 7 heteroatoms. The van der Waals surface area contributed by atoms with Crippen molar-refractivity contribution >= 4 is 54.9 Å². The summed E-state index contributed by atoms with van der Waals surface area (Å²) < 4.78 is 23.8. The van der Waals surface area contributed by atoms with Gasteiger partial charge in [0, 0.05) is 4.90 Å². The van der Waals surface area contributed by atoms with Crippen LogP contribution in [0.15, 0.2) is 64.4 Å². The lowest BCUT2D eigenvalue weighted by molar-refractivity contribution is 0.597. The predicted molar refractivity (Wildman–Crippen MR) is 92.7 cm³/mol. The van der Waals surface area contributed by atoms with Crippen LogP contribution in [0.3, 0.4) is 0 Å². The molecule has 0 saturated carbocycles. The maximum atomic E-state index is 12.7. The molecule has 2 aromatic carbocycles. The van der Waals surface area contributed by atoms with Gasteiger partial charge in [-0.15, -0.1) is 0 Å². The second-order valence-corrected chi connectivity index (χ2v) is 10.9. The molecule has 2 nitrogen and oxygen atoms in total. The fraction of sp³-hybridized carbons (Fsp3) is 0.143. The molecule has 1 unspecified atom stereocenters. The highest BCUT2D eigenvalue weighted by Gasteiger charge is 2.45. The van der Waals surface area contributed by atoms with E-state index in [4.69, 9.17) is 22.3 Å². The summed E-state index contributed by atoms with van der Waals surface area (Å²) in [7, 11) is 2.59. The smallest absolute Gasteiger partial charge is 0.220 e. The average molecular weight is 379 g/mol. The standard InChI is InChI=1S/C14H12Cl2O2S3/c1-11-7-9-13(10-8-11)21(17,18)14(15,20-16)19-12-5-3-2-4-6-12/h2-10H,1H3. The van der Waals surface area contributed by atoms with Crippen LogP contribution in [0.2, 0.25) is 0 Å². The van der Waals surface area contributed by atoms with Crippen molar-refractivity contribution in [3.63, 3.8) is 0 Å². The Morgan fingerprint density at radius 1 is 1.00 bits per heavy atom. The number of halogens is 2. The van der Waals surface area contributed by atoms with Gasteiger partial charge in [-0.05, 0) is 52.8 Å². The largest absolute Gasteiger partial charge is 0.259 e. The molecule has 0 saturated heterocycles. The Hall–Kier alpha value is -0.330. The zero-order valence-electron chi connectivity index (χ0n) is 11.0. The molecule has 0 bridgehead atoms. The van der Waals surface area contributed by atoms with Crippen molar-refractivity contribution in [2.75, 3.05) is 0 Å². The molecule has 112 valence electrons. The van der Waals surface area contributed by atoms with E-state index in [1.807, 2.05) is 25.1 Å². The van der Waals surface area contributed by atoms with E-state index < -0.39 is 12.7 Å². The summed E-state index contributed by atoms with van der Waals surface area (Å²) in [6, 6.07) is 15.6. The SMILES string of the molecule is Cc1ccc(S(=O)(=O)C(Cl)(SCl)Sc2ccccc2)cc1. The summed E-state index contributed by atoms with van der Waals surface area (Å²) in [4.78, 5) is 0.885. The Bertz CT molecular complexity index is 703. The molecule has 0 spiro atoms. The maximum absolute atomic E-state index is 12.7. The topological polar surface area (TPSA) is 34.1 Å². The maximum Gasteiger partial charge on any atom is 0.259 e. The molecule has 0 fully saturated rings. The van der Waals surface area contributed by atoms with Crippen molar-refractivity contribution in [2.45, 2.75) is 19.6 Å². The Balaban J connectivity index is 2.41. The van der Waals surface area contributed by atoms with E-state index in [2.05, 4.69) is 0 Å². The molecular weight excluding hydrogens is 367 g/mol. The lowest BCUT2D eigenvalue weighted by Crippen LogP contribution is -2.24. The second-order valence-electron chi connectivity index (χ2n) is 4.29. The number of hydrogen-bond donors (Lipinski definition) is 0. The summed E-state index contributed by atoms with van der Waals surface area (Å²) in [5, 5.41) is 0. The Morgan fingerprint density at radius 2 is 1.57 bits per heavy atom. The number of alkyl halides is 1. The van der Waals surface area contributed by atoms with E-state index in [9.17, 15) is 8.42 Å². The lowest BCUT2D eigenvalue weighted by atomic mass is 10.2. The highest BCUT2D eigenvalue weighted by Crippen LogP contribution is 2.53. The zero-order valence-corrected chi connectivity index (χ0v) is 15.0. The molecule has 2 rings (SSSR count). The summed E-state index contributed by atoms with van der Waals surface area (Å²) >= 11 is 7.34. The number of thioether (sulfide) groups is 1. The molecule has 21 heavy (non-hydrogen) atoms. The molecular formula is C14H12Cl2O2S3. The van der Waals surface area contributed by atoms with Crippen molar-refractivity contribution in [1.29, 1.82) is 0 Å². The first kappa shape index (κ1) is 17.0. The van der Waals surface area contributed by atoms with E-state index in [0.29, 0.717) is 11.0 Å². The Kier molecular flexibility index (Phi) is 5.54. The second kappa shape index (κ2) is 6.84. The quantitative estimate of drug-likeness (QED) is 0.401. The molecule has 0 radical (unpaired) electrons. The first-order valence-corrected chi connectivity index (χ1v) is 10.2. The number of rotatable bonds is 5. The molecule has 0 aromatic heterocycles. The number of sulfone groups is 1. The van der Waals surface area contributed by atoms with Gasteiger partial charge in [-0.25, -0.2) is 8.42 Å². The third-order valence-electron chi connectivity index (χ3n) is 2.73. The Morgan fingerprint density at radius 3 is 2.10 bits per heavy atom. The van der Waals surface area contributed by atoms with E-state index in [-0.39, 0.29) is 4.90 Å². The average Bonchev–Trinajstić information content (AvgIpc) is 2.48. The number of aryl methyl sites for hydroxylation is 1. The zero-order chi connectivity index (χ0) is 15.5. The molecule has 0 heterocycles. The fourth-order valence-electron chi connectivity index (χ4n) is 1.60. The minimum Gasteiger partial charge on any atom is -0.220 e. The summed E-state index contributed by atoms with van der Waals surface area (Å²) in [6.45, 7) is 1.89. The highest BCUT2D eigenvalue weighted by atomic mass is 35.7. The lowest BCUT2D eigenvalue weighted by Gasteiger charge is -2.23. The van der Waals surface area contributed by atoms with E-state index in [1.54, 1.807) is 36.4 Å². The van der Waals surface area contributed by atoms with Crippen LogP contribution in [0.25, 0.3) is 0 Å². The summed E-state index contributed by atoms with van der Waals surface area (Å²) in [6.07, 6.45) is 0. The van der Waals surface area contributed by atoms with Crippen molar-refractivity contribution in [2.24, 2.45) is 0 Å². The molecule has 0 aliphatic heterocycles.